The van der Waals surface area contributed by atoms with Crippen molar-refractivity contribution in [3.8, 4) is 23.0 Å². The highest BCUT2D eigenvalue weighted by Gasteiger charge is 2.15. The summed E-state index contributed by atoms with van der Waals surface area (Å²) in [6.07, 6.45) is 0. The molecule has 2 aromatic carbocycles. The minimum absolute atomic E-state index is 0.126. The van der Waals surface area contributed by atoms with Gasteiger partial charge in [0.25, 0.3) is 5.22 Å². The molecule has 0 aliphatic heterocycles. The van der Waals surface area contributed by atoms with E-state index in [-0.39, 0.29) is 16.9 Å². The van der Waals surface area contributed by atoms with Crippen LogP contribution >= 0.6 is 11.8 Å². The lowest BCUT2D eigenvalue weighted by atomic mass is 10.2. The van der Waals surface area contributed by atoms with Crippen molar-refractivity contribution in [2.75, 3.05) is 25.3 Å². The third-order valence-corrected chi connectivity index (χ3v) is 4.38. The molecule has 1 N–H and O–H groups in total. The zero-order valence-corrected chi connectivity index (χ0v) is 15.7. The normalized spacial score (nSPS) is 10.6. The summed E-state index contributed by atoms with van der Waals surface area (Å²) >= 11 is 0.935. The Morgan fingerprint density at radius 1 is 1.11 bits per heavy atom. The van der Waals surface area contributed by atoms with E-state index < -0.39 is 23.2 Å². The van der Waals surface area contributed by atoms with Gasteiger partial charge in [-0.05, 0) is 24.3 Å². The molecule has 0 aliphatic rings. The monoisotopic (exact) mass is 407 g/mol. The first kappa shape index (κ1) is 19.6. The van der Waals surface area contributed by atoms with Crippen LogP contribution in [0.15, 0.2) is 46.0 Å². The van der Waals surface area contributed by atoms with Crippen LogP contribution < -0.4 is 14.8 Å². The number of thioether (sulfide) groups is 1. The lowest BCUT2D eigenvalue weighted by molar-refractivity contribution is -0.113. The number of nitrogens with zero attached hydrogens (tertiary/aromatic N) is 2. The molecule has 1 heterocycles. The van der Waals surface area contributed by atoms with Gasteiger partial charge in [-0.1, -0.05) is 17.8 Å². The number of ether oxygens (including phenoxy) is 2. The largest absolute Gasteiger partial charge is 0.497 e. The zero-order valence-electron chi connectivity index (χ0n) is 14.9. The molecule has 7 nitrogen and oxygen atoms in total. The summed E-state index contributed by atoms with van der Waals surface area (Å²) in [6.45, 7) is 0. The Balaban J connectivity index is 1.66. The SMILES string of the molecule is COc1cc(OC)cc(-c2nnc(SCC(=O)Nc3c(F)cccc3F)o2)c1. The van der Waals surface area contributed by atoms with Crippen molar-refractivity contribution in [1.82, 2.24) is 10.2 Å². The van der Waals surface area contributed by atoms with E-state index in [9.17, 15) is 13.6 Å². The standard InChI is InChI=1S/C18H15F2N3O4S/c1-25-11-6-10(7-12(8-11)26-2)17-22-23-18(27-17)28-9-15(24)21-16-13(19)4-3-5-14(16)20/h3-8H,9H2,1-2H3,(H,21,24). The predicted molar refractivity (Wildman–Crippen MR) is 98.5 cm³/mol. The molecule has 28 heavy (non-hydrogen) atoms. The van der Waals surface area contributed by atoms with Crippen LogP contribution in [-0.2, 0) is 4.79 Å². The number of hydrogen-bond acceptors (Lipinski definition) is 7. The van der Waals surface area contributed by atoms with E-state index in [1.54, 1.807) is 18.2 Å². The van der Waals surface area contributed by atoms with Crippen molar-refractivity contribution in [2.45, 2.75) is 5.22 Å². The maximum atomic E-state index is 13.6. The van der Waals surface area contributed by atoms with Crippen LogP contribution in [0.2, 0.25) is 0 Å². The number of para-hydroxylation sites is 1. The number of nitrogens with one attached hydrogen (secondary N) is 1. The average molecular weight is 407 g/mol. The second-order valence-corrected chi connectivity index (χ2v) is 6.33. The quantitative estimate of drug-likeness (QED) is 0.597. The molecule has 0 saturated heterocycles. The second kappa shape index (κ2) is 8.70. The molecule has 1 aromatic heterocycles. The van der Waals surface area contributed by atoms with Gasteiger partial charge in [-0.25, -0.2) is 8.78 Å². The van der Waals surface area contributed by atoms with E-state index in [1.807, 2.05) is 0 Å². The van der Waals surface area contributed by atoms with Gasteiger partial charge in [0.1, 0.15) is 28.8 Å². The van der Waals surface area contributed by atoms with Crippen LogP contribution in [-0.4, -0.2) is 36.1 Å². The molecular weight excluding hydrogens is 392 g/mol. The third-order valence-electron chi connectivity index (χ3n) is 3.56. The Morgan fingerprint density at radius 3 is 2.36 bits per heavy atom. The van der Waals surface area contributed by atoms with Crippen LogP contribution in [0.25, 0.3) is 11.5 Å². The summed E-state index contributed by atoms with van der Waals surface area (Å²) in [5.41, 5.74) is 0.0798. The van der Waals surface area contributed by atoms with E-state index in [0.29, 0.717) is 17.1 Å². The number of carbonyl (C=O) groups is 1. The fourth-order valence-corrected chi connectivity index (χ4v) is 2.80. The Kier molecular flexibility index (Phi) is 6.09. The molecule has 146 valence electrons. The Morgan fingerprint density at radius 2 is 1.75 bits per heavy atom. The zero-order chi connectivity index (χ0) is 20.1. The molecule has 1 amide bonds. The van der Waals surface area contributed by atoms with Crippen molar-refractivity contribution >= 4 is 23.4 Å². The highest BCUT2D eigenvalue weighted by atomic mass is 32.2. The smallest absolute Gasteiger partial charge is 0.277 e. The van der Waals surface area contributed by atoms with E-state index in [4.69, 9.17) is 13.9 Å². The summed E-state index contributed by atoms with van der Waals surface area (Å²) in [6, 6.07) is 8.40. The molecule has 0 unspecified atom stereocenters. The van der Waals surface area contributed by atoms with Gasteiger partial charge in [-0.2, -0.15) is 0 Å². The number of rotatable bonds is 7. The molecule has 0 spiro atoms. The Labute approximate surface area is 163 Å². The van der Waals surface area contributed by atoms with Crippen LogP contribution in [0.1, 0.15) is 0 Å². The molecule has 0 aliphatic carbocycles. The number of aromatic nitrogens is 2. The first-order valence-electron chi connectivity index (χ1n) is 7.93. The van der Waals surface area contributed by atoms with Gasteiger partial charge >= 0.3 is 0 Å². The molecule has 0 bridgehead atoms. The fourth-order valence-electron chi connectivity index (χ4n) is 2.24. The summed E-state index contributed by atoms with van der Waals surface area (Å²) < 4.78 is 43.0. The van der Waals surface area contributed by atoms with E-state index >= 15 is 0 Å². The first-order valence-corrected chi connectivity index (χ1v) is 8.92. The molecule has 3 aromatic rings. The molecule has 3 rings (SSSR count). The van der Waals surface area contributed by atoms with Gasteiger partial charge in [0, 0.05) is 11.6 Å². The minimum Gasteiger partial charge on any atom is -0.497 e. The van der Waals surface area contributed by atoms with Crippen LogP contribution in [0, 0.1) is 11.6 Å². The molecule has 0 saturated carbocycles. The summed E-state index contributed by atoms with van der Waals surface area (Å²) in [5.74, 6) is -1.19. The maximum absolute atomic E-state index is 13.6. The Hall–Kier alpha value is -3.14. The number of halogens is 2. The van der Waals surface area contributed by atoms with Crippen molar-refractivity contribution < 1.29 is 27.5 Å². The number of anilines is 1. The molecule has 0 radical (unpaired) electrons. The highest BCUT2D eigenvalue weighted by molar-refractivity contribution is 7.99. The summed E-state index contributed by atoms with van der Waals surface area (Å²) in [5, 5.41) is 10.1. The molecule has 10 heteroatoms. The van der Waals surface area contributed by atoms with Gasteiger partial charge in [0.2, 0.25) is 11.8 Å². The number of carbonyl (C=O) groups excluding carboxylic acids is 1. The first-order chi connectivity index (χ1) is 13.5. The van der Waals surface area contributed by atoms with E-state index in [0.717, 1.165) is 23.9 Å². The van der Waals surface area contributed by atoms with Crippen molar-refractivity contribution in [3.63, 3.8) is 0 Å². The average Bonchev–Trinajstić information content (AvgIpc) is 3.18. The van der Waals surface area contributed by atoms with Gasteiger partial charge in [0.15, 0.2) is 0 Å². The number of hydrogen-bond donors (Lipinski definition) is 1. The van der Waals surface area contributed by atoms with Crippen molar-refractivity contribution in [1.29, 1.82) is 0 Å². The van der Waals surface area contributed by atoms with Gasteiger partial charge in [-0.15, -0.1) is 10.2 Å². The predicted octanol–water partition coefficient (Wildman–Crippen LogP) is 3.76. The second-order valence-electron chi connectivity index (χ2n) is 5.41. The Bertz CT molecular complexity index is 954. The highest BCUT2D eigenvalue weighted by Crippen LogP contribution is 2.30. The van der Waals surface area contributed by atoms with E-state index in [2.05, 4.69) is 15.5 Å². The lowest BCUT2D eigenvalue weighted by Crippen LogP contribution is -2.16. The summed E-state index contributed by atoms with van der Waals surface area (Å²) in [7, 11) is 3.04. The third kappa shape index (κ3) is 4.58. The van der Waals surface area contributed by atoms with E-state index in [1.165, 1.54) is 20.3 Å². The number of benzene rings is 2. The fraction of sp³-hybridized carbons (Fsp3) is 0.167. The van der Waals surface area contributed by atoms with Crippen molar-refractivity contribution in [3.05, 3.63) is 48.0 Å². The van der Waals surface area contributed by atoms with Crippen LogP contribution in [0.3, 0.4) is 0 Å². The maximum Gasteiger partial charge on any atom is 0.277 e. The number of methoxy groups -OCH3 is 2. The molecular formula is C18H15F2N3O4S. The van der Waals surface area contributed by atoms with Gasteiger partial charge < -0.3 is 19.2 Å². The minimum atomic E-state index is -0.856. The molecule has 0 atom stereocenters. The lowest BCUT2D eigenvalue weighted by Gasteiger charge is -2.06. The van der Waals surface area contributed by atoms with Crippen LogP contribution in [0.5, 0.6) is 11.5 Å². The molecule has 0 fully saturated rings. The summed E-state index contributed by atoms with van der Waals surface area (Å²) in [4.78, 5) is 11.9. The van der Waals surface area contributed by atoms with Gasteiger partial charge in [0.05, 0.1) is 20.0 Å². The van der Waals surface area contributed by atoms with Gasteiger partial charge in [-0.3, -0.25) is 4.79 Å². The van der Waals surface area contributed by atoms with Crippen molar-refractivity contribution in [2.24, 2.45) is 0 Å². The number of amides is 1. The topological polar surface area (TPSA) is 86.5 Å². The van der Waals surface area contributed by atoms with Crippen LogP contribution in [0.4, 0.5) is 14.5 Å².